The number of hydrogen-bond acceptors (Lipinski definition) is 5. The van der Waals surface area contributed by atoms with Gasteiger partial charge < -0.3 is 14.2 Å². The molecule has 0 saturated carbocycles. The van der Waals surface area contributed by atoms with Crippen LogP contribution in [0.3, 0.4) is 0 Å². The maximum Gasteiger partial charge on any atom is 0.354 e. The molecule has 0 spiro atoms. The molecule has 0 saturated heterocycles. The van der Waals surface area contributed by atoms with Crippen molar-refractivity contribution < 1.29 is 19.0 Å². The number of benzene rings is 3. The molecule has 150 valence electrons. The number of hydrogen-bond donors (Lipinski definition) is 0. The van der Waals surface area contributed by atoms with Crippen molar-refractivity contribution >= 4 is 12.0 Å². The molecule has 3 rings (SSSR count). The van der Waals surface area contributed by atoms with E-state index in [-0.39, 0.29) is 5.57 Å². The van der Waals surface area contributed by atoms with Gasteiger partial charge in [-0.2, -0.15) is 5.26 Å². The summed E-state index contributed by atoms with van der Waals surface area (Å²) in [4.78, 5) is 12.5. The third-order valence-electron chi connectivity index (χ3n) is 4.31. The maximum atomic E-state index is 12.5. The van der Waals surface area contributed by atoms with Crippen LogP contribution in [-0.2, 0) is 4.79 Å². The molecule has 5 nitrogen and oxygen atoms in total. The molecule has 3 aromatic carbocycles. The molecule has 0 amide bonds. The van der Waals surface area contributed by atoms with Crippen LogP contribution in [0.25, 0.3) is 17.2 Å². The lowest BCUT2D eigenvalue weighted by Crippen LogP contribution is -2.10. The van der Waals surface area contributed by atoms with Crippen molar-refractivity contribution in [3.05, 3.63) is 83.9 Å². The molecule has 0 heterocycles. The Kier molecular flexibility index (Phi) is 6.86. The van der Waals surface area contributed by atoms with E-state index in [0.29, 0.717) is 29.4 Å². The van der Waals surface area contributed by atoms with Gasteiger partial charge in [0.25, 0.3) is 0 Å². The van der Waals surface area contributed by atoms with Gasteiger partial charge in [-0.25, -0.2) is 4.79 Å². The fraction of sp³-hybridized carbons (Fsp3) is 0.120. The predicted octanol–water partition coefficient (Wildman–Crippen LogP) is 5.27. The van der Waals surface area contributed by atoms with Crippen molar-refractivity contribution in [3.8, 4) is 34.4 Å². The third kappa shape index (κ3) is 5.06. The van der Waals surface area contributed by atoms with Crippen molar-refractivity contribution in [1.29, 1.82) is 5.26 Å². The highest BCUT2D eigenvalue weighted by Crippen LogP contribution is 2.29. The van der Waals surface area contributed by atoms with Crippen LogP contribution in [-0.4, -0.2) is 19.7 Å². The lowest BCUT2D eigenvalue weighted by Gasteiger charge is -2.10. The topological polar surface area (TPSA) is 68.5 Å². The molecule has 0 fully saturated rings. The molecular weight excluding hydrogens is 378 g/mol. The minimum Gasteiger partial charge on any atom is -0.493 e. The van der Waals surface area contributed by atoms with Crippen molar-refractivity contribution in [3.63, 3.8) is 0 Å². The second-order valence-corrected chi connectivity index (χ2v) is 6.29. The number of nitriles is 1. The average molecular weight is 399 g/mol. The number of rotatable bonds is 7. The Hall–Kier alpha value is -4.04. The van der Waals surface area contributed by atoms with E-state index in [1.807, 2.05) is 55.5 Å². The minimum atomic E-state index is -0.724. The van der Waals surface area contributed by atoms with E-state index in [1.54, 1.807) is 30.3 Å². The van der Waals surface area contributed by atoms with Crippen LogP contribution in [0, 0.1) is 11.3 Å². The zero-order valence-electron chi connectivity index (χ0n) is 16.8. The van der Waals surface area contributed by atoms with Gasteiger partial charge in [0.1, 0.15) is 17.4 Å². The first kappa shape index (κ1) is 20.7. The fourth-order valence-electron chi connectivity index (χ4n) is 2.86. The molecule has 5 heteroatoms. The van der Waals surface area contributed by atoms with Gasteiger partial charge in [0.15, 0.2) is 11.5 Å². The monoisotopic (exact) mass is 399 g/mol. The highest BCUT2D eigenvalue weighted by atomic mass is 16.5. The van der Waals surface area contributed by atoms with Crippen LogP contribution in [0.1, 0.15) is 12.5 Å². The van der Waals surface area contributed by atoms with Gasteiger partial charge in [-0.3, -0.25) is 0 Å². The van der Waals surface area contributed by atoms with Gasteiger partial charge in [0.05, 0.1) is 13.7 Å². The number of methoxy groups -OCH3 is 1. The molecule has 0 N–H and O–H groups in total. The summed E-state index contributed by atoms with van der Waals surface area (Å²) in [6, 6.07) is 24.1. The number of nitrogens with zero attached hydrogens (tertiary/aromatic N) is 1. The summed E-state index contributed by atoms with van der Waals surface area (Å²) in [6.07, 6.45) is 1.46. The first-order valence-electron chi connectivity index (χ1n) is 9.45. The summed E-state index contributed by atoms with van der Waals surface area (Å²) in [7, 11) is 1.53. The van der Waals surface area contributed by atoms with E-state index >= 15 is 0 Å². The van der Waals surface area contributed by atoms with Crippen molar-refractivity contribution in [2.24, 2.45) is 0 Å². The van der Waals surface area contributed by atoms with Crippen molar-refractivity contribution in [2.75, 3.05) is 13.7 Å². The summed E-state index contributed by atoms with van der Waals surface area (Å²) in [5.74, 6) is 0.757. The molecule has 0 aliphatic rings. The van der Waals surface area contributed by atoms with Crippen LogP contribution in [0.4, 0.5) is 0 Å². The van der Waals surface area contributed by atoms with Gasteiger partial charge in [-0.1, -0.05) is 48.5 Å². The second-order valence-electron chi connectivity index (χ2n) is 6.29. The Bertz CT molecular complexity index is 1080. The number of carbonyl (C=O) groups excluding carboxylic acids is 1. The van der Waals surface area contributed by atoms with Gasteiger partial charge in [0.2, 0.25) is 0 Å². The Labute approximate surface area is 175 Å². The summed E-state index contributed by atoms with van der Waals surface area (Å²) >= 11 is 0. The standard InChI is InChI=1S/C25H21NO4/c1-3-29-23-14-9-18(16-24(23)28-2)15-21(17-26)25(27)30-22-12-10-20(11-13-22)19-7-5-4-6-8-19/h4-16H,3H2,1-2H3/b21-15+. The van der Waals surface area contributed by atoms with E-state index in [1.165, 1.54) is 13.2 Å². The van der Waals surface area contributed by atoms with Crippen LogP contribution in [0.5, 0.6) is 17.2 Å². The zero-order chi connectivity index (χ0) is 21.3. The van der Waals surface area contributed by atoms with Gasteiger partial charge in [0, 0.05) is 0 Å². The first-order chi connectivity index (χ1) is 14.6. The molecule has 0 aromatic heterocycles. The molecular formula is C25H21NO4. The van der Waals surface area contributed by atoms with E-state index < -0.39 is 5.97 Å². The normalized spacial score (nSPS) is 10.8. The average Bonchev–Trinajstić information content (AvgIpc) is 2.79. The lowest BCUT2D eigenvalue weighted by atomic mass is 10.1. The molecule has 0 unspecified atom stereocenters. The van der Waals surface area contributed by atoms with E-state index in [4.69, 9.17) is 14.2 Å². The van der Waals surface area contributed by atoms with Crippen molar-refractivity contribution in [2.45, 2.75) is 6.92 Å². The van der Waals surface area contributed by atoms with Crippen LogP contribution < -0.4 is 14.2 Å². The number of carbonyl (C=O) groups is 1. The van der Waals surface area contributed by atoms with E-state index in [9.17, 15) is 10.1 Å². The second kappa shape index (κ2) is 9.94. The predicted molar refractivity (Wildman–Crippen MR) is 115 cm³/mol. The van der Waals surface area contributed by atoms with Crippen LogP contribution >= 0.6 is 0 Å². The van der Waals surface area contributed by atoms with Gasteiger partial charge in [-0.05, 0) is 54.0 Å². The highest BCUT2D eigenvalue weighted by molar-refractivity contribution is 5.99. The molecule has 0 bridgehead atoms. The molecule has 0 aliphatic heterocycles. The Morgan fingerprint density at radius 2 is 1.67 bits per heavy atom. The molecule has 3 aromatic rings. The minimum absolute atomic E-state index is 0.117. The maximum absolute atomic E-state index is 12.5. The smallest absolute Gasteiger partial charge is 0.354 e. The largest absolute Gasteiger partial charge is 0.493 e. The molecule has 0 aliphatic carbocycles. The first-order valence-corrected chi connectivity index (χ1v) is 9.45. The SMILES string of the molecule is CCOc1ccc(/C=C(\C#N)C(=O)Oc2ccc(-c3ccccc3)cc2)cc1OC. The zero-order valence-corrected chi connectivity index (χ0v) is 16.8. The summed E-state index contributed by atoms with van der Waals surface area (Å²) in [5, 5.41) is 9.42. The fourth-order valence-corrected chi connectivity index (χ4v) is 2.86. The van der Waals surface area contributed by atoms with Crippen molar-refractivity contribution in [1.82, 2.24) is 0 Å². The molecule has 0 radical (unpaired) electrons. The van der Waals surface area contributed by atoms with Gasteiger partial charge in [-0.15, -0.1) is 0 Å². The Morgan fingerprint density at radius 1 is 0.967 bits per heavy atom. The summed E-state index contributed by atoms with van der Waals surface area (Å²) < 4.78 is 16.1. The number of esters is 1. The molecule has 30 heavy (non-hydrogen) atoms. The van der Waals surface area contributed by atoms with Crippen LogP contribution in [0.2, 0.25) is 0 Å². The van der Waals surface area contributed by atoms with E-state index in [2.05, 4.69) is 0 Å². The number of ether oxygens (including phenoxy) is 3. The summed E-state index contributed by atoms with van der Waals surface area (Å²) in [6.45, 7) is 2.38. The molecule has 0 atom stereocenters. The van der Waals surface area contributed by atoms with Gasteiger partial charge >= 0.3 is 5.97 Å². The Balaban J connectivity index is 1.76. The highest BCUT2D eigenvalue weighted by Gasteiger charge is 2.13. The Morgan fingerprint density at radius 3 is 2.30 bits per heavy atom. The summed E-state index contributed by atoms with van der Waals surface area (Å²) in [5.41, 5.74) is 2.59. The third-order valence-corrected chi connectivity index (χ3v) is 4.31. The quantitative estimate of drug-likeness (QED) is 0.234. The van der Waals surface area contributed by atoms with Crippen LogP contribution in [0.15, 0.2) is 78.4 Å². The lowest BCUT2D eigenvalue weighted by molar-refractivity contribution is -0.129. The van der Waals surface area contributed by atoms with E-state index in [0.717, 1.165) is 11.1 Å².